The van der Waals surface area contributed by atoms with Gasteiger partial charge in [-0.3, -0.25) is 4.57 Å². The number of benzene rings is 6. The molecule has 182 valence electrons. The first-order valence-electron chi connectivity index (χ1n) is 13.1. The van der Waals surface area contributed by atoms with Crippen LogP contribution in [0, 0.1) is 0 Å². The zero-order valence-corrected chi connectivity index (χ0v) is 21.6. The van der Waals surface area contributed by atoms with Crippen molar-refractivity contribution in [3.63, 3.8) is 0 Å². The molecular weight excluding hydrogens is 496 g/mol. The van der Waals surface area contributed by atoms with Crippen LogP contribution in [-0.2, 0) is 0 Å². The Morgan fingerprint density at radius 2 is 1.31 bits per heavy atom. The van der Waals surface area contributed by atoms with Gasteiger partial charge in [0.2, 0.25) is 0 Å². The van der Waals surface area contributed by atoms with Gasteiger partial charge in [-0.2, -0.15) is 4.98 Å². The first kappa shape index (κ1) is 21.1. The third-order valence-corrected chi connectivity index (χ3v) is 8.97. The molecule has 0 saturated carbocycles. The molecule has 0 N–H and O–H groups in total. The lowest BCUT2D eigenvalue weighted by Gasteiger charge is -2.06. The minimum Gasteiger partial charge on any atom is -0.423 e. The highest BCUT2D eigenvalue weighted by Gasteiger charge is 2.19. The van der Waals surface area contributed by atoms with Crippen molar-refractivity contribution < 1.29 is 4.42 Å². The SMILES string of the molecule is c1ccc2cc(-c3ccc4c(c3)c3ccccc3n4-c3nc4c(ccc5sc6ccccc6c54)o3)ccc2c1. The molecule has 3 heterocycles. The fourth-order valence-electron chi connectivity index (χ4n) is 6.01. The van der Waals surface area contributed by atoms with E-state index in [1.807, 2.05) is 0 Å². The summed E-state index contributed by atoms with van der Waals surface area (Å²) in [7, 11) is 0. The molecule has 0 bridgehead atoms. The highest BCUT2D eigenvalue weighted by Crippen LogP contribution is 2.40. The number of hydrogen-bond acceptors (Lipinski definition) is 3. The van der Waals surface area contributed by atoms with Gasteiger partial charge in [0.25, 0.3) is 0 Å². The lowest BCUT2D eigenvalue weighted by molar-refractivity contribution is 0.574. The van der Waals surface area contributed by atoms with Crippen LogP contribution < -0.4 is 0 Å². The summed E-state index contributed by atoms with van der Waals surface area (Å²) in [6.07, 6.45) is 0. The Morgan fingerprint density at radius 1 is 0.564 bits per heavy atom. The topological polar surface area (TPSA) is 31.0 Å². The molecule has 0 spiro atoms. The highest BCUT2D eigenvalue weighted by molar-refractivity contribution is 7.26. The molecule has 4 heteroatoms. The van der Waals surface area contributed by atoms with Crippen LogP contribution in [0.3, 0.4) is 0 Å². The van der Waals surface area contributed by atoms with Crippen LogP contribution in [0.15, 0.2) is 126 Å². The molecule has 0 radical (unpaired) electrons. The van der Waals surface area contributed by atoms with E-state index in [4.69, 9.17) is 9.40 Å². The van der Waals surface area contributed by atoms with Crippen molar-refractivity contribution in [3.8, 4) is 17.1 Å². The summed E-state index contributed by atoms with van der Waals surface area (Å²) in [4.78, 5) is 5.12. The molecule has 39 heavy (non-hydrogen) atoms. The third kappa shape index (κ3) is 3.01. The van der Waals surface area contributed by atoms with E-state index in [2.05, 4.69) is 126 Å². The Bertz CT molecular complexity index is 2410. The van der Waals surface area contributed by atoms with E-state index in [0.717, 1.165) is 22.1 Å². The standard InChI is InChI=1S/C35H20N2OS/c1-2-8-22-19-23(14-13-21(22)7-1)24-15-16-29-27(20-24)25-9-3-5-11-28(25)37(29)35-36-34-30(38-35)17-18-32-33(34)26-10-4-6-12-31(26)39-32/h1-20H. The van der Waals surface area contributed by atoms with Gasteiger partial charge in [0.1, 0.15) is 5.52 Å². The van der Waals surface area contributed by atoms with Crippen molar-refractivity contribution in [1.29, 1.82) is 0 Å². The molecule has 0 fully saturated rings. The molecule has 3 nitrogen and oxygen atoms in total. The number of fused-ring (bicyclic) bond motifs is 9. The Hall–Kier alpha value is -4.93. The van der Waals surface area contributed by atoms with Crippen molar-refractivity contribution in [2.24, 2.45) is 0 Å². The fraction of sp³-hybridized carbons (Fsp3) is 0. The predicted molar refractivity (Wildman–Crippen MR) is 164 cm³/mol. The van der Waals surface area contributed by atoms with E-state index in [0.29, 0.717) is 6.01 Å². The zero-order valence-electron chi connectivity index (χ0n) is 20.8. The van der Waals surface area contributed by atoms with Crippen molar-refractivity contribution in [3.05, 3.63) is 121 Å². The van der Waals surface area contributed by atoms with Gasteiger partial charge < -0.3 is 4.42 Å². The minimum atomic E-state index is 0.595. The molecule has 0 aliphatic rings. The maximum Gasteiger partial charge on any atom is 0.307 e. The summed E-state index contributed by atoms with van der Waals surface area (Å²) in [6, 6.07) is 43.7. The highest BCUT2D eigenvalue weighted by atomic mass is 32.1. The Balaban J connectivity index is 1.30. The van der Waals surface area contributed by atoms with Crippen molar-refractivity contribution in [2.45, 2.75) is 0 Å². The van der Waals surface area contributed by atoms with E-state index in [-0.39, 0.29) is 0 Å². The normalized spacial score (nSPS) is 12.1. The van der Waals surface area contributed by atoms with Crippen molar-refractivity contribution in [2.75, 3.05) is 0 Å². The maximum atomic E-state index is 6.47. The quantitative estimate of drug-likeness (QED) is 0.229. The number of oxazole rings is 1. The maximum absolute atomic E-state index is 6.47. The zero-order chi connectivity index (χ0) is 25.5. The van der Waals surface area contributed by atoms with E-state index in [1.165, 1.54) is 52.8 Å². The summed E-state index contributed by atoms with van der Waals surface area (Å²) in [5.74, 6) is 0. The monoisotopic (exact) mass is 516 g/mol. The average molecular weight is 517 g/mol. The molecule has 9 rings (SSSR count). The van der Waals surface area contributed by atoms with E-state index >= 15 is 0 Å². The Morgan fingerprint density at radius 3 is 2.26 bits per heavy atom. The molecule has 0 atom stereocenters. The molecule has 0 aliphatic heterocycles. The lowest BCUT2D eigenvalue weighted by atomic mass is 9.99. The van der Waals surface area contributed by atoms with Crippen molar-refractivity contribution >= 4 is 75.2 Å². The van der Waals surface area contributed by atoms with Crippen LogP contribution in [0.2, 0.25) is 0 Å². The lowest BCUT2D eigenvalue weighted by Crippen LogP contribution is -1.93. The summed E-state index contributed by atoms with van der Waals surface area (Å²) < 4.78 is 11.1. The van der Waals surface area contributed by atoms with Gasteiger partial charge in [0, 0.05) is 30.9 Å². The second kappa shape index (κ2) is 7.79. The minimum absolute atomic E-state index is 0.595. The number of nitrogens with zero attached hydrogens (tertiary/aromatic N) is 2. The molecule has 9 aromatic rings. The summed E-state index contributed by atoms with van der Waals surface area (Å²) in [6.45, 7) is 0. The fourth-order valence-corrected chi connectivity index (χ4v) is 7.12. The van der Waals surface area contributed by atoms with Crippen LogP contribution in [-0.4, -0.2) is 9.55 Å². The largest absolute Gasteiger partial charge is 0.423 e. The molecule has 6 aromatic carbocycles. The number of rotatable bonds is 2. The van der Waals surface area contributed by atoms with Crippen LogP contribution >= 0.6 is 11.3 Å². The smallest absolute Gasteiger partial charge is 0.307 e. The first-order valence-corrected chi connectivity index (χ1v) is 13.9. The van der Waals surface area contributed by atoms with Gasteiger partial charge in [-0.1, -0.05) is 78.9 Å². The Labute approximate surface area is 227 Å². The van der Waals surface area contributed by atoms with Gasteiger partial charge in [0.05, 0.1) is 11.0 Å². The van der Waals surface area contributed by atoms with Gasteiger partial charge in [-0.25, -0.2) is 0 Å². The average Bonchev–Trinajstić information content (AvgIpc) is 3.67. The van der Waals surface area contributed by atoms with Crippen LogP contribution in [0.5, 0.6) is 0 Å². The van der Waals surface area contributed by atoms with Crippen LogP contribution in [0.25, 0.3) is 81.0 Å². The number of hydrogen-bond donors (Lipinski definition) is 0. The number of para-hydroxylation sites is 1. The third-order valence-electron chi connectivity index (χ3n) is 7.83. The van der Waals surface area contributed by atoms with Gasteiger partial charge >= 0.3 is 6.01 Å². The molecule has 0 aliphatic carbocycles. The molecule has 3 aromatic heterocycles. The van der Waals surface area contributed by atoms with Gasteiger partial charge in [-0.05, 0) is 64.4 Å². The van der Waals surface area contributed by atoms with Gasteiger partial charge in [0.15, 0.2) is 5.58 Å². The summed E-state index contributed by atoms with van der Waals surface area (Å²) >= 11 is 1.80. The first-order chi connectivity index (χ1) is 19.3. The van der Waals surface area contributed by atoms with E-state index in [1.54, 1.807) is 11.3 Å². The number of aromatic nitrogens is 2. The van der Waals surface area contributed by atoms with Gasteiger partial charge in [-0.15, -0.1) is 11.3 Å². The Kier molecular flexibility index (Phi) is 4.21. The van der Waals surface area contributed by atoms with Crippen molar-refractivity contribution in [1.82, 2.24) is 9.55 Å². The van der Waals surface area contributed by atoms with E-state index in [9.17, 15) is 0 Å². The number of thiophene rings is 1. The second-order valence-electron chi connectivity index (χ2n) is 10.0. The van der Waals surface area contributed by atoms with Crippen LogP contribution in [0.1, 0.15) is 0 Å². The molecule has 0 saturated heterocycles. The molecule has 0 unspecified atom stereocenters. The second-order valence-corrected chi connectivity index (χ2v) is 11.1. The summed E-state index contributed by atoms with van der Waals surface area (Å²) in [5, 5.41) is 7.26. The van der Waals surface area contributed by atoms with Crippen LogP contribution in [0.4, 0.5) is 0 Å². The molecular formula is C35H20N2OS. The van der Waals surface area contributed by atoms with E-state index < -0.39 is 0 Å². The predicted octanol–water partition coefficient (Wildman–Crippen LogP) is 10.1. The summed E-state index contributed by atoms with van der Waals surface area (Å²) in [5.41, 5.74) is 6.29. The molecule has 0 amide bonds.